The van der Waals surface area contributed by atoms with Crippen molar-refractivity contribution in [3.05, 3.63) is 29.8 Å². The van der Waals surface area contributed by atoms with Gasteiger partial charge in [0, 0.05) is 5.56 Å². The fourth-order valence-corrected chi connectivity index (χ4v) is 1.70. The van der Waals surface area contributed by atoms with Crippen molar-refractivity contribution in [2.75, 3.05) is 0 Å². The lowest BCUT2D eigenvalue weighted by molar-refractivity contribution is -0.140. The molecule has 0 heterocycles. The van der Waals surface area contributed by atoms with Gasteiger partial charge in [-0.15, -0.1) is 0 Å². The number of hydrogen-bond donors (Lipinski definition) is 2. The van der Waals surface area contributed by atoms with Crippen molar-refractivity contribution in [2.45, 2.75) is 39.8 Å². The summed E-state index contributed by atoms with van der Waals surface area (Å²) >= 11 is 0. The first-order valence-corrected chi connectivity index (χ1v) is 6.61. The number of carboxylic acid groups (broad SMARTS) is 1. The Morgan fingerprint density at radius 2 is 1.65 bits per heavy atom. The molecule has 0 aromatic heterocycles. The number of carbonyl (C=O) groups is 2. The van der Waals surface area contributed by atoms with Crippen LogP contribution in [0.5, 0.6) is 5.75 Å². The van der Waals surface area contributed by atoms with Crippen LogP contribution >= 0.6 is 0 Å². The molecule has 0 aliphatic heterocycles. The van der Waals surface area contributed by atoms with Crippen molar-refractivity contribution in [3.63, 3.8) is 0 Å². The molecule has 1 aromatic rings. The molecule has 5 heteroatoms. The van der Waals surface area contributed by atoms with Gasteiger partial charge >= 0.3 is 5.97 Å². The lowest BCUT2D eigenvalue weighted by Gasteiger charge is -2.18. The summed E-state index contributed by atoms with van der Waals surface area (Å²) in [6.45, 7) is 7.33. The molecule has 0 aliphatic carbocycles. The number of amides is 1. The molecular formula is C15H21NO4. The maximum Gasteiger partial charge on any atom is 0.326 e. The van der Waals surface area contributed by atoms with E-state index in [-0.39, 0.29) is 12.0 Å². The van der Waals surface area contributed by atoms with E-state index in [1.54, 1.807) is 38.1 Å². The second-order valence-electron chi connectivity index (χ2n) is 5.22. The largest absolute Gasteiger partial charge is 0.491 e. The molecule has 0 unspecified atom stereocenters. The lowest BCUT2D eigenvalue weighted by atomic mass is 10.0. The van der Waals surface area contributed by atoms with E-state index >= 15 is 0 Å². The average Bonchev–Trinajstić information content (AvgIpc) is 2.35. The fraction of sp³-hybridized carbons (Fsp3) is 0.467. The number of rotatable bonds is 6. The number of carboxylic acids is 1. The molecule has 0 aliphatic rings. The molecule has 1 aromatic carbocycles. The summed E-state index contributed by atoms with van der Waals surface area (Å²) in [5, 5.41) is 11.6. The first-order chi connectivity index (χ1) is 9.31. The van der Waals surface area contributed by atoms with Gasteiger partial charge in [0.25, 0.3) is 5.91 Å². The molecule has 0 bridgehead atoms. The minimum atomic E-state index is -1.03. The molecule has 0 spiro atoms. The zero-order valence-corrected chi connectivity index (χ0v) is 12.2. The van der Waals surface area contributed by atoms with Gasteiger partial charge in [-0.3, -0.25) is 4.79 Å². The molecule has 0 saturated carbocycles. The van der Waals surface area contributed by atoms with E-state index in [1.165, 1.54) is 0 Å². The van der Waals surface area contributed by atoms with Crippen molar-refractivity contribution in [2.24, 2.45) is 5.92 Å². The predicted octanol–water partition coefficient (Wildman–Crippen LogP) is 2.31. The van der Waals surface area contributed by atoms with Crippen LogP contribution in [0.3, 0.4) is 0 Å². The van der Waals surface area contributed by atoms with Crippen molar-refractivity contribution in [1.29, 1.82) is 0 Å². The Labute approximate surface area is 118 Å². The lowest BCUT2D eigenvalue weighted by Crippen LogP contribution is -2.44. The van der Waals surface area contributed by atoms with Crippen LogP contribution in [0.2, 0.25) is 0 Å². The van der Waals surface area contributed by atoms with Crippen LogP contribution in [0.25, 0.3) is 0 Å². The molecule has 110 valence electrons. The highest BCUT2D eigenvalue weighted by Gasteiger charge is 2.23. The standard InChI is InChI=1S/C15H21NO4/c1-9(2)13(15(18)19)16-14(17)11-5-7-12(8-6-11)20-10(3)4/h5-10,13H,1-4H3,(H,16,17)(H,18,19)/t13-/m1/s1. The molecule has 0 radical (unpaired) electrons. The highest BCUT2D eigenvalue weighted by atomic mass is 16.5. The van der Waals surface area contributed by atoms with Gasteiger partial charge in [-0.1, -0.05) is 13.8 Å². The van der Waals surface area contributed by atoms with Crippen LogP contribution in [0.1, 0.15) is 38.1 Å². The van der Waals surface area contributed by atoms with Crippen LogP contribution in [-0.4, -0.2) is 29.1 Å². The van der Waals surface area contributed by atoms with Gasteiger partial charge in [0.1, 0.15) is 11.8 Å². The summed E-state index contributed by atoms with van der Waals surface area (Å²) in [6, 6.07) is 5.73. The van der Waals surface area contributed by atoms with E-state index in [2.05, 4.69) is 5.32 Å². The highest BCUT2D eigenvalue weighted by Crippen LogP contribution is 2.14. The van der Waals surface area contributed by atoms with E-state index in [9.17, 15) is 9.59 Å². The maximum absolute atomic E-state index is 12.0. The van der Waals surface area contributed by atoms with Crippen LogP contribution in [0.15, 0.2) is 24.3 Å². The first-order valence-electron chi connectivity index (χ1n) is 6.61. The first kappa shape index (κ1) is 16.0. The van der Waals surface area contributed by atoms with E-state index in [0.29, 0.717) is 11.3 Å². The Balaban J connectivity index is 2.74. The predicted molar refractivity (Wildman–Crippen MR) is 75.9 cm³/mol. The Morgan fingerprint density at radius 3 is 2.05 bits per heavy atom. The summed E-state index contributed by atoms with van der Waals surface area (Å²) in [5.74, 6) is -0.939. The van der Waals surface area contributed by atoms with Crippen molar-refractivity contribution in [3.8, 4) is 5.75 Å². The second-order valence-corrected chi connectivity index (χ2v) is 5.22. The van der Waals surface area contributed by atoms with Gasteiger partial charge in [0.2, 0.25) is 0 Å². The second kappa shape index (κ2) is 6.93. The average molecular weight is 279 g/mol. The number of nitrogens with one attached hydrogen (secondary N) is 1. The van der Waals surface area contributed by atoms with E-state index in [4.69, 9.17) is 9.84 Å². The number of ether oxygens (including phenoxy) is 1. The molecule has 20 heavy (non-hydrogen) atoms. The van der Waals surface area contributed by atoms with E-state index in [0.717, 1.165) is 0 Å². The van der Waals surface area contributed by atoms with Crippen LogP contribution < -0.4 is 10.1 Å². The zero-order valence-electron chi connectivity index (χ0n) is 12.2. The summed E-state index contributed by atoms with van der Waals surface area (Å²) in [6.07, 6.45) is 0.0620. The number of carbonyl (C=O) groups excluding carboxylic acids is 1. The summed E-state index contributed by atoms with van der Waals surface area (Å²) < 4.78 is 5.48. The quantitative estimate of drug-likeness (QED) is 0.838. The SMILES string of the molecule is CC(C)Oc1ccc(C(=O)N[C@@H](C(=O)O)C(C)C)cc1. The van der Waals surface area contributed by atoms with Crippen molar-refractivity contribution in [1.82, 2.24) is 5.32 Å². The monoisotopic (exact) mass is 279 g/mol. The smallest absolute Gasteiger partial charge is 0.326 e. The van der Waals surface area contributed by atoms with Gasteiger partial charge in [-0.25, -0.2) is 4.79 Å². The molecule has 0 fully saturated rings. The fourth-order valence-electron chi connectivity index (χ4n) is 1.70. The normalized spacial score (nSPS) is 12.3. The third-order valence-corrected chi connectivity index (χ3v) is 2.71. The molecule has 1 amide bonds. The van der Waals surface area contributed by atoms with Crippen LogP contribution in [0.4, 0.5) is 0 Å². The molecule has 5 nitrogen and oxygen atoms in total. The van der Waals surface area contributed by atoms with E-state index < -0.39 is 17.9 Å². The maximum atomic E-state index is 12.0. The van der Waals surface area contributed by atoms with Gasteiger partial charge in [0.05, 0.1) is 6.10 Å². The third kappa shape index (κ3) is 4.57. The highest BCUT2D eigenvalue weighted by molar-refractivity contribution is 5.96. The Bertz CT molecular complexity index is 465. The van der Waals surface area contributed by atoms with Crippen LogP contribution in [-0.2, 0) is 4.79 Å². The Hall–Kier alpha value is -2.04. The Morgan fingerprint density at radius 1 is 1.10 bits per heavy atom. The van der Waals surface area contributed by atoms with Gasteiger partial charge in [0.15, 0.2) is 0 Å². The summed E-state index contributed by atoms with van der Waals surface area (Å²) in [4.78, 5) is 23.0. The molecule has 0 saturated heterocycles. The van der Waals surface area contributed by atoms with Gasteiger partial charge in [-0.2, -0.15) is 0 Å². The summed E-state index contributed by atoms with van der Waals surface area (Å²) in [5.41, 5.74) is 0.410. The molecule has 2 N–H and O–H groups in total. The molecular weight excluding hydrogens is 258 g/mol. The number of benzene rings is 1. The topological polar surface area (TPSA) is 75.6 Å². The minimum absolute atomic E-state index is 0.0620. The van der Waals surface area contributed by atoms with E-state index in [1.807, 2.05) is 13.8 Å². The zero-order chi connectivity index (χ0) is 15.3. The number of hydrogen-bond acceptors (Lipinski definition) is 3. The number of aliphatic carboxylic acids is 1. The molecule has 1 rings (SSSR count). The summed E-state index contributed by atoms with van der Waals surface area (Å²) in [7, 11) is 0. The van der Waals surface area contributed by atoms with Gasteiger partial charge in [-0.05, 0) is 44.0 Å². The van der Waals surface area contributed by atoms with Crippen molar-refractivity contribution >= 4 is 11.9 Å². The molecule has 1 atom stereocenters. The van der Waals surface area contributed by atoms with Crippen LogP contribution in [0, 0.1) is 5.92 Å². The third-order valence-electron chi connectivity index (χ3n) is 2.71. The Kier molecular flexibility index (Phi) is 5.55. The van der Waals surface area contributed by atoms with Crippen molar-refractivity contribution < 1.29 is 19.4 Å². The minimum Gasteiger partial charge on any atom is -0.491 e. The van der Waals surface area contributed by atoms with Gasteiger partial charge < -0.3 is 15.2 Å².